The molecule has 1 heteroatoms. The van der Waals surface area contributed by atoms with Gasteiger partial charge >= 0.3 is 0 Å². The first-order valence-corrected chi connectivity index (χ1v) is 12.4. The van der Waals surface area contributed by atoms with Crippen LogP contribution in [-0.2, 0) is 0 Å². The molecule has 0 heterocycles. The summed E-state index contributed by atoms with van der Waals surface area (Å²) in [4.78, 5) is 0. The Labute approximate surface area is 179 Å². The SMILES string of the molecule is CC(C)[C@@H](C)C=C[C@H](C)[C@@H]1CC[C@@H]2C3=C(CC[C@@]21C)[C@@]1(C)CC[C@@H](O)C[C@H]1C=C3. The molecular formula is C28H44O. The quantitative estimate of drug-likeness (QED) is 0.493. The topological polar surface area (TPSA) is 20.2 Å². The average Bonchev–Trinajstić information content (AvgIpc) is 3.03. The van der Waals surface area contributed by atoms with Crippen molar-refractivity contribution in [2.75, 3.05) is 0 Å². The molecule has 0 aliphatic heterocycles. The van der Waals surface area contributed by atoms with Gasteiger partial charge in [-0.15, -0.1) is 0 Å². The molecule has 0 bridgehead atoms. The molecule has 4 rings (SSSR count). The van der Waals surface area contributed by atoms with Crippen molar-refractivity contribution < 1.29 is 5.11 Å². The minimum atomic E-state index is -0.0922. The van der Waals surface area contributed by atoms with Crippen LogP contribution in [0.15, 0.2) is 35.5 Å². The molecular weight excluding hydrogens is 352 g/mol. The highest BCUT2D eigenvalue weighted by Crippen LogP contribution is 2.64. The number of allylic oxidation sites excluding steroid dienone is 6. The van der Waals surface area contributed by atoms with Crippen LogP contribution in [0.1, 0.15) is 86.5 Å². The van der Waals surface area contributed by atoms with Crippen LogP contribution in [0.5, 0.6) is 0 Å². The summed E-state index contributed by atoms with van der Waals surface area (Å²) in [6.07, 6.45) is 18.4. The Hall–Kier alpha value is -0.820. The largest absolute Gasteiger partial charge is 0.393 e. The molecule has 1 N–H and O–H groups in total. The lowest BCUT2D eigenvalue weighted by molar-refractivity contribution is 0.0443. The van der Waals surface area contributed by atoms with Crippen LogP contribution in [-0.4, -0.2) is 11.2 Å². The normalized spacial score (nSPS) is 44.0. The molecule has 0 unspecified atom stereocenters. The summed E-state index contributed by atoms with van der Waals surface area (Å²) in [6, 6.07) is 0. The minimum absolute atomic E-state index is 0.0922. The van der Waals surface area contributed by atoms with Gasteiger partial charge in [0.15, 0.2) is 0 Å². The lowest BCUT2D eigenvalue weighted by atomic mass is 9.52. The Morgan fingerprint density at radius 1 is 1.03 bits per heavy atom. The van der Waals surface area contributed by atoms with E-state index in [0.29, 0.717) is 28.6 Å². The highest BCUT2D eigenvalue weighted by molar-refractivity contribution is 5.42. The highest BCUT2D eigenvalue weighted by Gasteiger charge is 2.54. The third-order valence-corrected chi connectivity index (χ3v) is 9.99. The Balaban J connectivity index is 1.57. The maximum absolute atomic E-state index is 10.2. The lowest BCUT2D eigenvalue weighted by Gasteiger charge is -2.53. The second kappa shape index (κ2) is 7.70. The number of aliphatic hydroxyl groups is 1. The van der Waals surface area contributed by atoms with Crippen molar-refractivity contribution in [2.24, 2.45) is 46.3 Å². The molecule has 29 heavy (non-hydrogen) atoms. The van der Waals surface area contributed by atoms with Crippen molar-refractivity contribution in [1.29, 1.82) is 0 Å². The fraction of sp³-hybridized carbons (Fsp3) is 0.786. The van der Waals surface area contributed by atoms with E-state index in [1.54, 1.807) is 11.1 Å². The minimum Gasteiger partial charge on any atom is -0.393 e. The van der Waals surface area contributed by atoms with Crippen LogP contribution in [0.2, 0.25) is 0 Å². The van der Waals surface area contributed by atoms with Gasteiger partial charge in [0.2, 0.25) is 0 Å². The molecule has 0 spiro atoms. The monoisotopic (exact) mass is 396 g/mol. The molecule has 2 fully saturated rings. The predicted molar refractivity (Wildman–Crippen MR) is 123 cm³/mol. The zero-order valence-electron chi connectivity index (χ0n) is 19.7. The molecule has 0 aromatic carbocycles. The first-order chi connectivity index (χ1) is 13.7. The van der Waals surface area contributed by atoms with Crippen molar-refractivity contribution in [2.45, 2.75) is 92.6 Å². The van der Waals surface area contributed by atoms with E-state index in [9.17, 15) is 5.11 Å². The summed E-state index contributed by atoms with van der Waals surface area (Å²) in [5.74, 6) is 4.17. The van der Waals surface area contributed by atoms with Crippen molar-refractivity contribution in [3.8, 4) is 0 Å². The van der Waals surface area contributed by atoms with E-state index in [1.165, 1.54) is 32.1 Å². The molecule has 2 saturated carbocycles. The zero-order chi connectivity index (χ0) is 21.0. The molecule has 1 nitrogen and oxygen atoms in total. The fourth-order valence-electron chi connectivity index (χ4n) is 7.49. The van der Waals surface area contributed by atoms with Crippen LogP contribution < -0.4 is 0 Å². The number of aliphatic hydroxyl groups excluding tert-OH is 1. The van der Waals surface area contributed by atoms with Gasteiger partial charge in [0.1, 0.15) is 0 Å². The molecule has 0 saturated heterocycles. The van der Waals surface area contributed by atoms with Crippen molar-refractivity contribution >= 4 is 0 Å². The summed E-state index contributed by atoms with van der Waals surface area (Å²) in [5, 5.41) is 10.2. The number of fused-ring (bicyclic) bond motifs is 4. The van der Waals surface area contributed by atoms with Crippen molar-refractivity contribution in [3.05, 3.63) is 35.5 Å². The smallest absolute Gasteiger partial charge is 0.0546 e. The number of rotatable bonds is 4. The van der Waals surface area contributed by atoms with E-state index >= 15 is 0 Å². The Morgan fingerprint density at radius 3 is 2.52 bits per heavy atom. The predicted octanol–water partition coefficient (Wildman–Crippen LogP) is 7.33. The van der Waals surface area contributed by atoms with E-state index in [4.69, 9.17) is 0 Å². The summed E-state index contributed by atoms with van der Waals surface area (Å²) in [5.41, 5.74) is 4.24. The molecule has 4 aliphatic rings. The van der Waals surface area contributed by atoms with E-state index in [0.717, 1.165) is 30.6 Å². The summed E-state index contributed by atoms with van der Waals surface area (Å²) in [6.45, 7) is 14.6. The van der Waals surface area contributed by atoms with Crippen LogP contribution in [0, 0.1) is 46.3 Å². The van der Waals surface area contributed by atoms with Gasteiger partial charge in [0.25, 0.3) is 0 Å². The van der Waals surface area contributed by atoms with Gasteiger partial charge < -0.3 is 5.11 Å². The maximum atomic E-state index is 10.2. The van der Waals surface area contributed by atoms with Crippen LogP contribution >= 0.6 is 0 Å². The Kier molecular flexibility index (Phi) is 5.69. The van der Waals surface area contributed by atoms with Gasteiger partial charge in [0, 0.05) is 0 Å². The van der Waals surface area contributed by atoms with E-state index in [-0.39, 0.29) is 6.10 Å². The molecule has 0 radical (unpaired) electrons. The Morgan fingerprint density at radius 2 is 1.79 bits per heavy atom. The van der Waals surface area contributed by atoms with E-state index in [2.05, 4.69) is 65.8 Å². The Bertz CT molecular complexity index is 712. The van der Waals surface area contributed by atoms with Gasteiger partial charge in [-0.3, -0.25) is 0 Å². The second-order valence-corrected chi connectivity index (χ2v) is 11.8. The third-order valence-electron chi connectivity index (χ3n) is 9.99. The van der Waals surface area contributed by atoms with Crippen LogP contribution in [0.25, 0.3) is 0 Å². The van der Waals surface area contributed by atoms with Gasteiger partial charge in [-0.25, -0.2) is 0 Å². The molecule has 0 aromatic heterocycles. The molecule has 162 valence electrons. The van der Waals surface area contributed by atoms with E-state index < -0.39 is 0 Å². The third kappa shape index (κ3) is 3.50. The second-order valence-electron chi connectivity index (χ2n) is 11.8. The lowest BCUT2D eigenvalue weighted by Crippen LogP contribution is -2.44. The maximum Gasteiger partial charge on any atom is 0.0546 e. The van der Waals surface area contributed by atoms with Gasteiger partial charge in [-0.05, 0) is 96.9 Å². The average molecular weight is 397 g/mol. The van der Waals surface area contributed by atoms with Gasteiger partial charge in [0.05, 0.1) is 6.10 Å². The summed E-state index contributed by atoms with van der Waals surface area (Å²) in [7, 11) is 0. The first-order valence-electron chi connectivity index (χ1n) is 12.4. The standard InChI is InChI=1S/C28H44O/c1-18(2)19(3)7-8-20(4)24-11-12-25-23-10-9-21-17-22(29)13-15-27(21,5)26(23)14-16-28(24,25)6/h7-10,18-22,24-25,29H,11-17H2,1-6H3/t19-,20-,21+,22+,24-,25+,27-,28+/m0/s1. The van der Waals surface area contributed by atoms with Crippen LogP contribution in [0.3, 0.4) is 0 Å². The first kappa shape index (κ1) is 21.4. The van der Waals surface area contributed by atoms with Crippen molar-refractivity contribution in [3.63, 3.8) is 0 Å². The summed E-state index contributed by atoms with van der Waals surface area (Å²) < 4.78 is 0. The zero-order valence-corrected chi connectivity index (χ0v) is 19.7. The van der Waals surface area contributed by atoms with Crippen molar-refractivity contribution in [1.82, 2.24) is 0 Å². The summed E-state index contributed by atoms with van der Waals surface area (Å²) >= 11 is 0. The van der Waals surface area contributed by atoms with E-state index in [1.807, 2.05) is 0 Å². The highest BCUT2D eigenvalue weighted by atomic mass is 16.3. The number of hydrogen-bond donors (Lipinski definition) is 1. The van der Waals surface area contributed by atoms with Gasteiger partial charge in [-0.2, -0.15) is 0 Å². The van der Waals surface area contributed by atoms with Crippen LogP contribution in [0.4, 0.5) is 0 Å². The molecule has 0 aromatic rings. The molecule has 8 atom stereocenters. The fourth-order valence-corrected chi connectivity index (χ4v) is 7.49. The van der Waals surface area contributed by atoms with Gasteiger partial charge in [-0.1, -0.05) is 71.4 Å². The molecule has 0 amide bonds. The molecule has 4 aliphatic carbocycles. The number of hydrogen-bond acceptors (Lipinski definition) is 1.